The highest BCUT2D eigenvalue weighted by Crippen LogP contribution is 2.16. The number of nitrogens with zero attached hydrogens (tertiary/aromatic N) is 2. The van der Waals surface area contributed by atoms with Gasteiger partial charge in [0, 0.05) is 18.4 Å². The summed E-state index contributed by atoms with van der Waals surface area (Å²) >= 11 is 0. The molecule has 0 amide bonds. The van der Waals surface area contributed by atoms with Gasteiger partial charge in [-0.15, -0.1) is 0 Å². The second kappa shape index (κ2) is 8.04. The Hall–Kier alpha value is -1.36. The normalized spacial score (nSPS) is 14.0. The average molecular weight is 281 g/mol. The minimum Gasteiger partial charge on any atom is -0.465 e. The molecule has 5 nitrogen and oxygen atoms in total. The van der Waals surface area contributed by atoms with Crippen LogP contribution in [0.2, 0.25) is 0 Å². The summed E-state index contributed by atoms with van der Waals surface area (Å²) in [6, 6.07) is 1.99. The molecular formula is C15H27N3O2. The molecule has 1 atom stereocenters. The van der Waals surface area contributed by atoms with Gasteiger partial charge in [0.15, 0.2) is 0 Å². The summed E-state index contributed by atoms with van der Waals surface area (Å²) in [5.41, 5.74) is 0.539. The van der Waals surface area contributed by atoms with Crippen molar-refractivity contribution in [3.05, 3.63) is 18.0 Å². The van der Waals surface area contributed by atoms with Crippen LogP contribution in [0, 0.1) is 6.92 Å². The van der Waals surface area contributed by atoms with Gasteiger partial charge in [-0.3, -0.25) is 9.48 Å². The molecule has 0 saturated heterocycles. The van der Waals surface area contributed by atoms with Gasteiger partial charge in [0.25, 0.3) is 0 Å². The van der Waals surface area contributed by atoms with Crippen LogP contribution in [0.4, 0.5) is 0 Å². The fraction of sp³-hybridized carbons (Fsp3) is 0.733. The van der Waals surface area contributed by atoms with E-state index in [-0.39, 0.29) is 5.97 Å². The number of rotatable bonds is 9. The van der Waals surface area contributed by atoms with E-state index in [0.29, 0.717) is 6.61 Å². The van der Waals surface area contributed by atoms with Crippen LogP contribution in [0.3, 0.4) is 0 Å². The Bertz CT molecular complexity index is 417. The number of aryl methyl sites for hydroxylation is 2. The second-order valence-electron chi connectivity index (χ2n) is 5.28. The maximum absolute atomic E-state index is 12.1. The number of carbonyl (C=O) groups excluding carboxylic acids is 1. The van der Waals surface area contributed by atoms with E-state index < -0.39 is 5.54 Å². The van der Waals surface area contributed by atoms with E-state index in [0.717, 1.165) is 38.0 Å². The summed E-state index contributed by atoms with van der Waals surface area (Å²) in [6.45, 7) is 9.94. The number of esters is 1. The topological polar surface area (TPSA) is 56.2 Å². The van der Waals surface area contributed by atoms with Crippen LogP contribution in [-0.4, -0.2) is 34.4 Å². The summed E-state index contributed by atoms with van der Waals surface area (Å²) in [5.74, 6) is -0.161. The van der Waals surface area contributed by atoms with Gasteiger partial charge in [-0.05, 0) is 52.6 Å². The highest BCUT2D eigenvalue weighted by atomic mass is 16.5. The zero-order valence-electron chi connectivity index (χ0n) is 13.1. The largest absolute Gasteiger partial charge is 0.465 e. The fourth-order valence-corrected chi connectivity index (χ4v) is 2.17. The summed E-state index contributed by atoms with van der Waals surface area (Å²) in [5, 5.41) is 7.58. The Labute approximate surface area is 121 Å². The van der Waals surface area contributed by atoms with E-state index in [1.165, 1.54) is 0 Å². The van der Waals surface area contributed by atoms with Crippen LogP contribution >= 0.6 is 0 Å². The molecule has 1 N–H and O–H groups in total. The Morgan fingerprint density at radius 1 is 1.50 bits per heavy atom. The lowest BCUT2D eigenvalue weighted by Crippen LogP contribution is -2.50. The second-order valence-corrected chi connectivity index (χ2v) is 5.28. The molecule has 114 valence electrons. The SMILES string of the molecule is CCCNC(C)(CCCn1nccc1C)C(=O)OCC. The van der Waals surface area contributed by atoms with Crippen LogP contribution in [0.5, 0.6) is 0 Å². The smallest absolute Gasteiger partial charge is 0.326 e. The zero-order valence-corrected chi connectivity index (χ0v) is 13.1. The maximum atomic E-state index is 12.1. The molecular weight excluding hydrogens is 254 g/mol. The molecule has 0 bridgehead atoms. The number of aromatic nitrogens is 2. The number of carbonyl (C=O) groups is 1. The van der Waals surface area contributed by atoms with Crippen LogP contribution in [0.15, 0.2) is 12.3 Å². The Morgan fingerprint density at radius 2 is 2.25 bits per heavy atom. The van der Waals surface area contributed by atoms with E-state index in [1.54, 1.807) is 6.20 Å². The van der Waals surface area contributed by atoms with Crippen LogP contribution < -0.4 is 5.32 Å². The monoisotopic (exact) mass is 281 g/mol. The van der Waals surface area contributed by atoms with Crippen molar-refractivity contribution < 1.29 is 9.53 Å². The molecule has 0 aromatic carbocycles. The molecule has 20 heavy (non-hydrogen) atoms. The molecule has 1 aromatic rings. The number of nitrogens with one attached hydrogen (secondary N) is 1. The molecule has 0 spiro atoms. The van der Waals surface area contributed by atoms with Crippen LogP contribution in [-0.2, 0) is 16.1 Å². The van der Waals surface area contributed by atoms with Crippen LogP contribution in [0.1, 0.15) is 45.7 Å². The average Bonchev–Trinajstić information content (AvgIpc) is 2.82. The van der Waals surface area contributed by atoms with Crippen molar-refractivity contribution in [2.75, 3.05) is 13.2 Å². The standard InChI is InChI=1S/C15H27N3O2/c1-5-10-16-15(4,14(19)20-6-2)9-7-12-18-13(3)8-11-17-18/h8,11,16H,5-7,9-10,12H2,1-4H3. The Morgan fingerprint density at radius 3 is 2.80 bits per heavy atom. The lowest BCUT2D eigenvalue weighted by Gasteiger charge is -2.28. The molecule has 1 aromatic heterocycles. The first-order chi connectivity index (χ1) is 9.53. The summed E-state index contributed by atoms with van der Waals surface area (Å²) in [6.07, 6.45) is 4.42. The predicted molar refractivity (Wildman–Crippen MR) is 79.5 cm³/mol. The van der Waals surface area contributed by atoms with Crippen molar-refractivity contribution in [2.45, 2.75) is 59.0 Å². The first-order valence-corrected chi connectivity index (χ1v) is 7.44. The van der Waals surface area contributed by atoms with Gasteiger partial charge < -0.3 is 10.1 Å². The molecule has 0 radical (unpaired) electrons. The van der Waals surface area contributed by atoms with Gasteiger partial charge in [-0.2, -0.15) is 5.10 Å². The number of hydrogen-bond acceptors (Lipinski definition) is 4. The van der Waals surface area contributed by atoms with Crippen LogP contribution in [0.25, 0.3) is 0 Å². The predicted octanol–water partition coefficient (Wildman–Crippen LogP) is 2.29. The highest BCUT2D eigenvalue weighted by molar-refractivity contribution is 5.80. The summed E-state index contributed by atoms with van der Waals surface area (Å²) in [7, 11) is 0. The van der Waals surface area contributed by atoms with E-state index in [2.05, 4.69) is 17.3 Å². The first kappa shape index (κ1) is 16.7. The minimum absolute atomic E-state index is 0.161. The number of hydrogen-bond donors (Lipinski definition) is 1. The molecule has 5 heteroatoms. The van der Waals surface area contributed by atoms with Crippen molar-refractivity contribution >= 4 is 5.97 Å². The quantitative estimate of drug-likeness (QED) is 0.706. The van der Waals surface area contributed by atoms with Crippen molar-refractivity contribution in [1.29, 1.82) is 0 Å². The molecule has 0 aliphatic carbocycles. The van der Waals surface area contributed by atoms with Gasteiger partial charge in [-0.1, -0.05) is 6.92 Å². The third-order valence-electron chi connectivity index (χ3n) is 3.47. The lowest BCUT2D eigenvalue weighted by atomic mass is 9.95. The molecule has 1 unspecified atom stereocenters. The highest BCUT2D eigenvalue weighted by Gasteiger charge is 2.33. The lowest BCUT2D eigenvalue weighted by molar-refractivity contribution is -0.150. The van der Waals surface area contributed by atoms with Gasteiger partial charge in [-0.25, -0.2) is 0 Å². The van der Waals surface area contributed by atoms with Crippen molar-refractivity contribution in [3.63, 3.8) is 0 Å². The Kier molecular flexibility index (Phi) is 6.71. The fourth-order valence-electron chi connectivity index (χ4n) is 2.17. The maximum Gasteiger partial charge on any atom is 0.326 e. The minimum atomic E-state index is -0.604. The zero-order chi connectivity index (χ0) is 15.0. The third-order valence-corrected chi connectivity index (χ3v) is 3.47. The number of ether oxygens (including phenoxy) is 1. The van der Waals surface area contributed by atoms with Crippen molar-refractivity contribution in [2.24, 2.45) is 0 Å². The van der Waals surface area contributed by atoms with Gasteiger partial charge in [0.05, 0.1) is 6.61 Å². The van der Waals surface area contributed by atoms with Gasteiger partial charge in [0.2, 0.25) is 0 Å². The Balaban J connectivity index is 2.55. The van der Waals surface area contributed by atoms with E-state index in [9.17, 15) is 4.79 Å². The van der Waals surface area contributed by atoms with Crippen molar-refractivity contribution in [1.82, 2.24) is 15.1 Å². The van der Waals surface area contributed by atoms with Crippen molar-refractivity contribution in [3.8, 4) is 0 Å². The molecule has 0 fully saturated rings. The van der Waals surface area contributed by atoms with Gasteiger partial charge >= 0.3 is 5.97 Å². The molecule has 0 aliphatic rings. The van der Waals surface area contributed by atoms with E-state index >= 15 is 0 Å². The summed E-state index contributed by atoms with van der Waals surface area (Å²) in [4.78, 5) is 12.1. The molecule has 0 saturated carbocycles. The molecule has 0 aliphatic heterocycles. The molecule has 1 rings (SSSR count). The van der Waals surface area contributed by atoms with Gasteiger partial charge in [0.1, 0.15) is 5.54 Å². The summed E-state index contributed by atoms with van der Waals surface area (Å²) < 4.78 is 7.16. The molecule has 1 heterocycles. The van der Waals surface area contributed by atoms with E-state index in [4.69, 9.17) is 4.74 Å². The first-order valence-electron chi connectivity index (χ1n) is 7.44. The third kappa shape index (κ3) is 4.63. The van der Waals surface area contributed by atoms with E-state index in [1.807, 2.05) is 31.5 Å².